The van der Waals surface area contributed by atoms with E-state index in [-0.39, 0.29) is 10.5 Å². The molecule has 0 radical (unpaired) electrons. The molecule has 0 heterocycles. The zero-order valence-corrected chi connectivity index (χ0v) is 17.8. The first-order valence-electron chi connectivity index (χ1n) is 10.1. The molecule has 4 rings (SSSR count). The monoisotopic (exact) mass is 394 g/mol. The first-order chi connectivity index (χ1) is 14.2. The van der Waals surface area contributed by atoms with Crippen molar-refractivity contribution in [3.05, 3.63) is 143 Å². The summed E-state index contributed by atoms with van der Waals surface area (Å²) in [6.07, 6.45) is 0. The van der Waals surface area contributed by atoms with E-state index in [0.717, 1.165) is 0 Å². The van der Waals surface area contributed by atoms with Crippen molar-refractivity contribution in [2.75, 3.05) is 0 Å². The van der Waals surface area contributed by atoms with Gasteiger partial charge in [0.1, 0.15) is 0 Å². The van der Waals surface area contributed by atoms with Crippen molar-refractivity contribution >= 4 is 11.8 Å². The molecule has 0 N–H and O–H groups in total. The minimum Gasteiger partial charge on any atom is -0.136 e. The molecule has 0 nitrogen and oxygen atoms in total. The van der Waals surface area contributed by atoms with E-state index >= 15 is 0 Å². The van der Waals surface area contributed by atoms with Crippen molar-refractivity contribution in [3.63, 3.8) is 0 Å². The van der Waals surface area contributed by atoms with Crippen molar-refractivity contribution in [1.82, 2.24) is 0 Å². The molecular weight excluding hydrogens is 368 g/mol. The third-order valence-corrected chi connectivity index (χ3v) is 7.02. The summed E-state index contributed by atoms with van der Waals surface area (Å²) in [4.78, 5) is 0. The van der Waals surface area contributed by atoms with Gasteiger partial charge < -0.3 is 0 Å². The lowest BCUT2D eigenvalue weighted by molar-refractivity contribution is 1.07. The Labute approximate surface area is 178 Å². The van der Waals surface area contributed by atoms with E-state index in [1.807, 2.05) is 11.8 Å². The van der Waals surface area contributed by atoms with Crippen LogP contribution >= 0.6 is 11.8 Å². The van der Waals surface area contributed by atoms with Gasteiger partial charge in [-0.3, -0.25) is 0 Å². The lowest BCUT2D eigenvalue weighted by Crippen LogP contribution is -2.06. The maximum absolute atomic E-state index is 2.28. The highest BCUT2D eigenvalue weighted by atomic mass is 32.2. The molecular formula is C28H26S. The van der Waals surface area contributed by atoms with Gasteiger partial charge in [0.25, 0.3) is 0 Å². The zero-order valence-electron chi connectivity index (χ0n) is 17.0. The topological polar surface area (TPSA) is 0 Å². The fourth-order valence-electron chi connectivity index (χ4n) is 3.82. The summed E-state index contributed by atoms with van der Waals surface area (Å²) in [5.74, 6) is 0. The van der Waals surface area contributed by atoms with Crippen LogP contribution in [0.25, 0.3) is 0 Å². The fraction of sp³-hybridized carbons (Fsp3) is 0.143. The van der Waals surface area contributed by atoms with Crippen LogP contribution in [-0.4, -0.2) is 0 Å². The standard InChI is InChI=1S/C28H26S/c1-21-13-9-11-19-25(21)27(23-15-5-3-6-16-23)29-28(24-17-7-4-8-18-24)26-20-12-10-14-22(26)2/h3-20,27-28H,1-2H3. The molecule has 0 spiro atoms. The summed E-state index contributed by atoms with van der Waals surface area (Å²) in [5.41, 5.74) is 8.15. The first-order valence-corrected chi connectivity index (χ1v) is 11.0. The lowest BCUT2D eigenvalue weighted by Gasteiger charge is -2.27. The summed E-state index contributed by atoms with van der Waals surface area (Å²) in [7, 11) is 0. The van der Waals surface area contributed by atoms with Crippen molar-refractivity contribution in [2.24, 2.45) is 0 Å². The van der Waals surface area contributed by atoms with Crippen molar-refractivity contribution < 1.29 is 0 Å². The highest BCUT2D eigenvalue weighted by Crippen LogP contribution is 2.48. The maximum atomic E-state index is 2.28. The Morgan fingerprint density at radius 2 is 0.793 bits per heavy atom. The molecule has 0 aliphatic carbocycles. The molecule has 0 aliphatic heterocycles. The Morgan fingerprint density at radius 1 is 0.448 bits per heavy atom. The summed E-state index contributed by atoms with van der Waals surface area (Å²) in [5, 5.41) is 0.532. The van der Waals surface area contributed by atoms with Gasteiger partial charge in [0.15, 0.2) is 0 Å². The minimum atomic E-state index is 0.266. The number of thioether (sulfide) groups is 1. The first kappa shape index (κ1) is 19.5. The Hall–Kier alpha value is -2.77. The Bertz CT molecular complexity index is 967. The third kappa shape index (κ3) is 4.46. The molecule has 29 heavy (non-hydrogen) atoms. The molecule has 144 valence electrons. The smallest absolute Gasteiger partial charge is 0.0558 e. The van der Waals surface area contributed by atoms with E-state index in [4.69, 9.17) is 0 Å². The molecule has 0 aromatic heterocycles. The van der Waals surface area contributed by atoms with E-state index in [1.54, 1.807) is 0 Å². The average molecular weight is 395 g/mol. The van der Waals surface area contributed by atoms with E-state index in [2.05, 4.69) is 123 Å². The summed E-state index contributed by atoms with van der Waals surface area (Å²) in [6.45, 7) is 4.44. The second-order valence-electron chi connectivity index (χ2n) is 7.43. The second-order valence-corrected chi connectivity index (χ2v) is 8.65. The summed E-state index contributed by atoms with van der Waals surface area (Å²) in [6, 6.07) is 39.4. The zero-order chi connectivity index (χ0) is 20.1. The maximum Gasteiger partial charge on any atom is 0.0558 e. The van der Waals surface area contributed by atoms with Gasteiger partial charge in [0.2, 0.25) is 0 Å². The number of rotatable bonds is 6. The summed E-state index contributed by atoms with van der Waals surface area (Å²) < 4.78 is 0. The van der Waals surface area contributed by atoms with Crippen molar-refractivity contribution in [3.8, 4) is 0 Å². The van der Waals surface area contributed by atoms with Gasteiger partial charge in [-0.05, 0) is 47.2 Å². The molecule has 1 heteroatoms. The predicted molar refractivity (Wildman–Crippen MR) is 127 cm³/mol. The molecule has 4 aromatic carbocycles. The number of benzene rings is 4. The van der Waals surface area contributed by atoms with Crippen LogP contribution in [0, 0.1) is 13.8 Å². The van der Waals surface area contributed by atoms with E-state index in [0.29, 0.717) is 0 Å². The summed E-state index contributed by atoms with van der Waals surface area (Å²) >= 11 is 2.03. The highest BCUT2D eigenvalue weighted by molar-refractivity contribution is 8.00. The molecule has 2 unspecified atom stereocenters. The number of hydrogen-bond acceptors (Lipinski definition) is 1. The highest BCUT2D eigenvalue weighted by Gasteiger charge is 2.25. The van der Waals surface area contributed by atoms with Crippen molar-refractivity contribution in [2.45, 2.75) is 24.3 Å². The van der Waals surface area contributed by atoms with Crippen LogP contribution in [0.3, 0.4) is 0 Å². The number of aryl methyl sites for hydroxylation is 2. The third-order valence-electron chi connectivity index (χ3n) is 5.42. The Balaban J connectivity index is 1.83. The van der Waals surface area contributed by atoms with Gasteiger partial charge >= 0.3 is 0 Å². The molecule has 0 aliphatic rings. The normalized spacial score (nSPS) is 13.0. The van der Waals surface area contributed by atoms with Crippen molar-refractivity contribution in [1.29, 1.82) is 0 Å². The van der Waals surface area contributed by atoms with Gasteiger partial charge in [-0.2, -0.15) is 0 Å². The van der Waals surface area contributed by atoms with Crippen LogP contribution in [0.15, 0.2) is 109 Å². The average Bonchev–Trinajstić information content (AvgIpc) is 2.77. The molecule has 0 saturated carbocycles. The second kappa shape index (κ2) is 9.15. The van der Waals surface area contributed by atoms with Gasteiger partial charge in [-0.25, -0.2) is 0 Å². The van der Waals surface area contributed by atoms with Crippen LogP contribution in [0.5, 0.6) is 0 Å². The SMILES string of the molecule is Cc1ccccc1C(SC(c1ccccc1)c1ccccc1C)c1ccccc1. The van der Waals surface area contributed by atoms with Crippen LogP contribution in [0.2, 0.25) is 0 Å². The van der Waals surface area contributed by atoms with E-state index in [1.165, 1.54) is 33.4 Å². The molecule has 0 fully saturated rings. The molecule has 0 bridgehead atoms. The quantitative estimate of drug-likeness (QED) is 0.320. The Kier molecular flexibility index (Phi) is 6.17. The minimum absolute atomic E-state index is 0.266. The van der Waals surface area contributed by atoms with Crippen LogP contribution in [-0.2, 0) is 0 Å². The van der Waals surface area contributed by atoms with Crippen LogP contribution in [0.1, 0.15) is 43.9 Å². The van der Waals surface area contributed by atoms with Gasteiger partial charge in [-0.1, -0.05) is 109 Å². The molecule has 0 saturated heterocycles. The van der Waals surface area contributed by atoms with E-state index in [9.17, 15) is 0 Å². The predicted octanol–water partition coefficient (Wildman–Crippen LogP) is 7.92. The Morgan fingerprint density at radius 3 is 1.17 bits per heavy atom. The number of hydrogen-bond donors (Lipinski definition) is 0. The molecule has 2 atom stereocenters. The lowest BCUT2D eigenvalue weighted by atomic mass is 9.99. The molecule has 0 amide bonds. The van der Waals surface area contributed by atoms with Crippen LogP contribution < -0.4 is 0 Å². The fourth-order valence-corrected chi connectivity index (χ4v) is 5.54. The van der Waals surface area contributed by atoms with Gasteiger partial charge in [-0.15, -0.1) is 11.8 Å². The van der Waals surface area contributed by atoms with Gasteiger partial charge in [0, 0.05) is 0 Å². The molecule has 4 aromatic rings. The van der Waals surface area contributed by atoms with Gasteiger partial charge in [0.05, 0.1) is 10.5 Å². The largest absolute Gasteiger partial charge is 0.136 e. The van der Waals surface area contributed by atoms with E-state index < -0.39 is 0 Å². The van der Waals surface area contributed by atoms with Crippen LogP contribution in [0.4, 0.5) is 0 Å².